The second-order valence-electron chi connectivity index (χ2n) is 5.83. The zero-order valence-corrected chi connectivity index (χ0v) is 14.1. The maximum absolute atomic E-state index is 12.1. The van der Waals surface area contributed by atoms with Crippen LogP contribution < -0.4 is 10.5 Å². The van der Waals surface area contributed by atoms with Crippen molar-refractivity contribution in [2.45, 2.75) is 32.7 Å². The van der Waals surface area contributed by atoms with Gasteiger partial charge in [0.15, 0.2) is 0 Å². The smallest absolute Gasteiger partial charge is 0.287 e. The number of anilines is 1. The summed E-state index contributed by atoms with van der Waals surface area (Å²) in [5.41, 5.74) is 3.88. The molecule has 0 aromatic carbocycles. The zero-order chi connectivity index (χ0) is 16.0. The van der Waals surface area contributed by atoms with E-state index >= 15 is 0 Å². The lowest BCUT2D eigenvalue weighted by Gasteiger charge is -2.27. The second kappa shape index (κ2) is 5.43. The SMILES string of the molecule is Cc1nn(C)c(C)c1[C@H]1CCCN1c1cnn(C)c(=O)c1Cl. The first-order chi connectivity index (χ1) is 10.4. The molecule has 1 fully saturated rings. The molecule has 6 nitrogen and oxygen atoms in total. The van der Waals surface area contributed by atoms with Gasteiger partial charge < -0.3 is 4.90 Å². The van der Waals surface area contributed by atoms with Gasteiger partial charge in [0.1, 0.15) is 5.02 Å². The molecule has 3 heterocycles. The fourth-order valence-corrected chi connectivity index (χ4v) is 3.61. The molecule has 1 aliphatic rings. The summed E-state index contributed by atoms with van der Waals surface area (Å²) in [5.74, 6) is 0. The minimum Gasteiger partial charge on any atom is -0.362 e. The quantitative estimate of drug-likeness (QED) is 0.850. The minimum absolute atomic E-state index is 0.195. The maximum atomic E-state index is 12.1. The molecule has 22 heavy (non-hydrogen) atoms. The molecule has 0 aliphatic carbocycles. The number of halogens is 1. The largest absolute Gasteiger partial charge is 0.362 e. The Morgan fingerprint density at radius 1 is 1.27 bits per heavy atom. The summed E-state index contributed by atoms with van der Waals surface area (Å²) in [4.78, 5) is 14.2. The third kappa shape index (κ3) is 2.22. The van der Waals surface area contributed by atoms with Gasteiger partial charge in [0, 0.05) is 31.9 Å². The van der Waals surface area contributed by atoms with E-state index in [0.29, 0.717) is 0 Å². The number of hydrogen-bond donors (Lipinski definition) is 0. The number of rotatable bonds is 2. The van der Waals surface area contributed by atoms with E-state index in [2.05, 4.69) is 22.0 Å². The van der Waals surface area contributed by atoms with Crippen molar-refractivity contribution >= 4 is 17.3 Å². The Morgan fingerprint density at radius 2 is 2.00 bits per heavy atom. The van der Waals surface area contributed by atoms with E-state index in [1.165, 1.54) is 10.2 Å². The Bertz CT molecular complexity index is 779. The predicted molar refractivity (Wildman–Crippen MR) is 86.5 cm³/mol. The van der Waals surface area contributed by atoms with Crippen LogP contribution in [0.15, 0.2) is 11.0 Å². The minimum atomic E-state index is -0.260. The van der Waals surface area contributed by atoms with Crippen molar-refractivity contribution in [1.82, 2.24) is 19.6 Å². The van der Waals surface area contributed by atoms with Crippen LogP contribution in [0.3, 0.4) is 0 Å². The average Bonchev–Trinajstić information content (AvgIpc) is 3.02. The Hall–Kier alpha value is -1.82. The molecule has 1 saturated heterocycles. The third-order valence-electron chi connectivity index (χ3n) is 4.52. The van der Waals surface area contributed by atoms with Crippen LogP contribution in [-0.2, 0) is 14.1 Å². The van der Waals surface area contributed by atoms with Crippen LogP contribution in [0, 0.1) is 13.8 Å². The highest BCUT2D eigenvalue weighted by Gasteiger charge is 2.32. The van der Waals surface area contributed by atoms with Crippen molar-refractivity contribution in [1.29, 1.82) is 0 Å². The van der Waals surface area contributed by atoms with Crippen molar-refractivity contribution in [3.63, 3.8) is 0 Å². The molecule has 0 amide bonds. The number of hydrogen-bond acceptors (Lipinski definition) is 4. The molecule has 0 unspecified atom stereocenters. The first kappa shape index (κ1) is 15.1. The summed E-state index contributed by atoms with van der Waals surface area (Å²) in [6.45, 7) is 4.98. The van der Waals surface area contributed by atoms with Gasteiger partial charge in [-0.2, -0.15) is 10.2 Å². The number of nitrogens with zero attached hydrogens (tertiary/aromatic N) is 5. The summed E-state index contributed by atoms with van der Waals surface area (Å²) in [7, 11) is 3.56. The molecule has 7 heteroatoms. The second-order valence-corrected chi connectivity index (χ2v) is 6.21. The normalized spacial score (nSPS) is 18.2. The van der Waals surface area contributed by atoms with Crippen molar-refractivity contribution < 1.29 is 0 Å². The first-order valence-corrected chi connectivity index (χ1v) is 7.78. The van der Waals surface area contributed by atoms with Crippen LogP contribution in [0.1, 0.15) is 35.8 Å². The summed E-state index contributed by atoms with van der Waals surface area (Å²) in [6.07, 6.45) is 3.77. The van der Waals surface area contributed by atoms with E-state index in [-0.39, 0.29) is 16.6 Å². The molecule has 0 saturated carbocycles. The van der Waals surface area contributed by atoms with Gasteiger partial charge in [-0.3, -0.25) is 9.48 Å². The third-order valence-corrected chi connectivity index (χ3v) is 4.88. The average molecular weight is 322 g/mol. The number of aryl methyl sites for hydroxylation is 3. The monoisotopic (exact) mass is 321 g/mol. The summed E-state index contributed by atoms with van der Waals surface area (Å²) >= 11 is 6.28. The fourth-order valence-electron chi connectivity index (χ4n) is 3.33. The fraction of sp³-hybridized carbons (Fsp3) is 0.533. The Balaban J connectivity index is 2.08. The van der Waals surface area contributed by atoms with Crippen LogP contribution >= 0.6 is 11.6 Å². The van der Waals surface area contributed by atoms with Gasteiger partial charge in [-0.1, -0.05) is 11.6 Å². The zero-order valence-electron chi connectivity index (χ0n) is 13.3. The lowest BCUT2D eigenvalue weighted by atomic mass is 10.0. The predicted octanol–water partition coefficient (Wildman–Crippen LogP) is 2.13. The molecule has 2 aromatic heterocycles. The highest BCUT2D eigenvalue weighted by Crippen LogP contribution is 2.40. The molecule has 1 atom stereocenters. The Morgan fingerprint density at radius 3 is 2.64 bits per heavy atom. The first-order valence-electron chi connectivity index (χ1n) is 7.40. The molecule has 3 rings (SSSR count). The summed E-state index contributed by atoms with van der Waals surface area (Å²) < 4.78 is 3.17. The van der Waals surface area contributed by atoms with Gasteiger partial charge in [-0.25, -0.2) is 4.68 Å². The van der Waals surface area contributed by atoms with Gasteiger partial charge in [-0.15, -0.1) is 0 Å². The topological polar surface area (TPSA) is 56.0 Å². The van der Waals surface area contributed by atoms with Crippen LogP contribution in [-0.4, -0.2) is 26.1 Å². The van der Waals surface area contributed by atoms with E-state index in [9.17, 15) is 4.79 Å². The lowest BCUT2D eigenvalue weighted by molar-refractivity contribution is 0.678. The lowest BCUT2D eigenvalue weighted by Crippen LogP contribution is -2.28. The molecular formula is C15H20ClN5O. The molecule has 0 N–H and O–H groups in total. The highest BCUT2D eigenvalue weighted by molar-refractivity contribution is 6.33. The van der Waals surface area contributed by atoms with Gasteiger partial charge >= 0.3 is 0 Å². The van der Waals surface area contributed by atoms with Crippen molar-refractivity contribution in [2.75, 3.05) is 11.4 Å². The molecule has 0 radical (unpaired) electrons. The van der Waals surface area contributed by atoms with Crippen LogP contribution in [0.25, 0.3) is 0 Å². The Kier molecular flexibility index (Phi) is 3.72. The van der Waals surface area contributed by atoms with E-state index in [1.807, 2.05) is 18.7 Å². The standard InChI is InChI=1S/C15H20ClN5O/c1-9-13(10(2)19(3)18-9)11-6-5-7-21(11)12-8-17-20(4)15(22)14(12)16/h8,11H,5-7H2,1-4H3/t11-/m1/s1. The number of aromatic nitrogens is 4. The van der Waals surface area contributed by atoms with Crippen molar-refractivity contribution in [2.24, 2.45) is 14.1 Å². The van der Waals surface area contributed by atoms with Gasteiger partial charge in [0.25, 0.3) is 5.56 Å². The van der Waals surface area contributed by atoms with Crippen LogP contribution in [0.5, 0.6) is 0 Å². The van der Waals surface area contributed by atoms with Crippen molar-refractivity contribution in [3.05, 3.63) is 38.5 Å². The van der Waals surface area contributed by atoms with E-state index in [0.717, 1.165) is 36.5 Å². The summed E-state index contributed by atoms with van der Waals surface area (Å²) in [5, 5.41) is 8.87. The molecule has 0 bridgehead atoms. The Labute approximate surface area is 134 Å². The van der Waals surface area contributed by atoms with E-state index in [1.54, 1.807) is 13.2 Å². The molecular weight excluding hydrogens is 302 g/mol. The van der Waals surface area contributed by atoms with Crippen LogP contribution in [0.2, 0.25) is 5.02 Å². The highest BCUT2D eigenvalue weighted by atomic mass is 35.5. The van der Waals surface area contributed by atoms with Crippen molar-refractivity contribution in [3.8, 4) is 0 Å². The molecule has 2 aromatic rings. The molecule has 118 valence electrons. The summed E-state index contributed by atoms with van der Waals surface area (Å²) in [6, 6.07) is 0.195. The van der Waals surface area contributed by atoms with Gasteiger partial charge in [0.05, 0.1) is 23.6 Å². The van der Waals surface area contributed by atoms with Crippen LogP contribution in [0.4, 0.5) is 5.69 Å². The van der Waals surface area contributed by atoms with E-state index < -0.39 is 0 Å². The maximum Gasteiger partial charge on any atom is 0.287 e. The molecule has 0 spiro atoms. The van der Waals surface area contributed by atoms with Gasteiger partial charge in [-0.05, 0) is 26.7 Å². The van der Waals surface area contributed by atoms with Gasteiger partial charge in [0.2, 0.25) is 0 Å². The molecule has 1 aliphatic heterocycles. The van der Waals surface area contributed by atoms with E-state index in [4.69, 9.17) is 11.6 Å².